The van der Waals surface area contributed by atoms with Crippen LogP contribution in [0.25, 0.3) is 11.0 Å². The molecule has 1 unspecified atom stereocenters. The minimum absolute atomic E-state index is 0.0955. The first-order valence-electron chi connectivity index (χ1n) is 7.43. The zero-order valence-electron chi connectivity index (χ0n) is 13.8. The van der Waals surface area contributed by atoms with Gasteiger partial charge in [0.05, 0.1) is 0 Å². The number of benzene rings is 1. The van der Waals surface area contributed by atoms with Crippen LogP contribution >= 0.6 is 0 Å². The SMILES string of the molecule is CC(=O)[O-].Cc1c(C#N)c(=O)oc2c(C)c3c(cc12)CC([CH2][Hg+])O3. The predicted octanol–water partition coefficient (Wildman–Crippen LogP) is 1.31. The van der Waals surface area contributed by atoms with E-state index in [-0.39, 0.29) is 11.7 Å². The number of carboxylic acids is 1. The molecule has 2 aromatic rings. The van der Waals surface area contributed by atoms with Crippen molar-refractivity contribution in [2.24, 2.45) is 0 Å². The van der Waals surface area contributed by atoms with Gasteiger partial charge in [0.15, 0.2) is 0 Å². The molecule has 0 fully saturated rings. The fraction of sp³-hybridized carbons (Fsp3) is 0.353. The fourth-order valence-electron chi connectivity index (χ4n) is 2.75. The van der Waals surface area contributed by atoms with E-state index in [2.05, 4.69) is 0 Å². The molecule has 0 spiro atoms. The molecule has 1 aliphatic heterocycles. The van der Waals surface area contributed by atoms with Gasteiger partial charge in [0, 0.05) is 5.97 Å². The van der Waals surface area contributed by atoms with Crippen LogP contribution in [0.3, 0.4) is 0 Å². The summed E-state index contributed by atoms with van der Waals surface area (Å²) >= 11 is 0.704. The molecule has 3 rings (SSSR count). The van der Waals surface area contributed by atoms with Gasteiger partial charge in [-0.3, -0.25) is 0 Å². The molecular formula is C17H15HgNO5. The van der Waals surface area contributed by atoms with E-state index < -0.39 is 11.6 Å². The van der Waals surface area contributed by atoms with E-state index in [1.807, 2.05) is 19.1 Å². The number of hydrogen-bond donors (Lipinski definition) is 0. The number of carbonyl (C=O) groups excluding carboxylic acids is 1. The molecule has 6 nitrogen and oxygen atoms in total. The van der Waals surface area contributed by atoms with Crippen molar-refractivity contribution in [1.29, 1.82) is 5.26 Å². The zero-order valence-corrected chi connectivity index (χ0v) is 19.3. The number of hydrogen-bond acceptors (Lipinski definition) is 6. The van der Waals surface area contributed by atoms with Gasteiger partial charge in [-0.15, -0.1) is 0 Å². The average molecular weight is 514 g/mol. The average Bonchev–Trinajstić information content (AvgIpc) is 2.92. The summed E-state index contributed by atoms with van der Waals surface area (Å²) in [5.74, 6) is -0.222. The van der Waals surface area contributed by atoms with Gasteiger partial charge in [0.2, 0.25) is 0 Å². The molecule has 0 saturated carbocycles. The Morgan fingerprint density at radius 3 is 2.62 bits per heavy atom. The van der Waals surface area contributed by atoms with Crippen molar-refractivity contribution in [3.8, 4) is 11.8 Å². The van der Waals surface area contributed by atoms with Crippen LogP contribution in [-0.4, -0.2) is 12.1 Å². The molecular weight excluding hydrogens is 499 g/mol. The number of aliphatic carboxylic acids is 1. The number of carboxylic acid groups (broad SMARTS) is 1. The van der Waals surface area contributed by atoms with Crippen molar-refractivity contribution >= 4 is 16.9 Å². The van der Waals surface area contributed by atoms with Gasteiger partial charge in [0.25, 0.3) is 0 Å². The van der Waals surface area contributed by atoms with Crippen molar-refractivity contribution < 1.29 is 45.2 Å². The van der Waals surface area contributed by atoms with Crippen molar-refractivity contribution in [1.82, 2.24) is 0 Å². The number of rotatable bonds is 1. The summed E-state index contributed by atoms with van der Waals surface area (Å²) in [6.45, 7) is 4.68. The van der Waals surface area contributed by atoms with E-state index in [0.717, 1.165) is 39.5 Å². The summed E-state index contributed by atoms with van der Waals surface area (Å²) in [5, 5.41) is 18.8. The third kappa shape index (κ3) is 3.46. The van der Waals surface area contributed by atoms with E-state index in [1.54, 1.807) is 6.92 Å². The van der Waals surface area contributed by atoms with Gasteiger partial charge in [-0.1, -0.05) is 0 Å². The standard InChI is InChI=1S/C15H12NO3.C2H4O2.Hg/c1-7-4-10-5-11-8(2)12(6-16)15(17)19-14(11)9(3)13(10)18-7;1-2(3)4;/h5,7H,1,4H2,2-3H3;1H3,(H,3,4);/q;;+1/p-1. The van der Waals surface area contributed by atoms with Gasteiger partial charge in [0.1, 0.15) is 0 Å². The third-order valence-corrected chi connectivity index (χ3v) is 6.38. The number of nitriles is 1. The van der Waals surface area contributed by atoms with E-state index in [1.165, 1.54) is 0 Å². The molecule has 1 aromatic carbocycles. The van der Waals surface area contributed by atoms with Gasteiger partial charge in [-0.05, 0) is 6.92 Å². The number of nitrogens with zero attached hydrogens (tertiary/aromatic N) is 1. The van der Waals surface area contributed by atoms with Crippen LogP contribution in [0.2, 0.25) is 3.93 Å². The quantitative estimate of drug-likeness (QED) is 0.421. The molecule has 0 saturated heterocycles. The monoisotopic (exact) mass is 515 g/mol. The first-order chi connectivity index (χ1) is 11.3. The van der Waals surface area contributed by atoms with Gasteiger partial charge >= 0.3 is 132 Å². The Bertz CT molecular complexity index is 906. The number of fused-ring (bicyclic) bond motifs is 2. The Labute approximate surface area is 155 Å². The van der Waals surface area contributed by atoms with E-state index in [0.29, 0.717) is 37.3 Å². The van der Waals surface area contributed by atoms with Crippen LogP contribution in [-0.2, 0) is 37.3 Å². The summed E-state index contributed by atoms with van der Waals surface area (Å²) in [4.78, 5) is 20.7. The molecule has 0 aliphatic carbocycles. The first kappa shape index (κ1) is 18.5. The van der Waals surface area contributed by atoms with E-state index >= 15 is 0 Å². The molecule has 24 heavy (non-hydrogen) atoms. The molecule has 0 N–H and O–H groups in total. The van der Waals surface area contributed by atoms with Crippen LogP contribution in [0, 0.1) is 25.2 Å². The molecule has 0 radical (unpaired) electrons. The second-order valence-corrected chi connectivity index (χ2v) is 7.84. The third-order valence-electron chi connectivity index (χ3n) is 3.88. The predicted molar refractivity (Wildman–Crippen MR) is 80.3 cm³/mol. The first-order valence-corrected chi connectivity index (χ1v) is 11.3. The van der Waals surface area contributed by atoms with Crippen LogP contribution in [0.5, 0.6) is 5.75 Å². The van der Waals surface area contributed by atoms with Crippen molar-refractivity contribution in [3.05, 3.63) is 38.7 Å². The van der Waals surface area contributed by atoms with Crippen molar-refractivity contribution in [3.63, 3.8) is 0 Å². The zero-order chi connectivity index (χ0) is 18.0. The number of aryl methyl sites for hydroxylation is 2. The summed E-state index contributed by atoms with van der Waals surface area (Å²) in [6.07, 6.45) is 1.18. The Morgan fingerprint density at radius 2 is 2.08 bits per heavy atom. The summed E-state index contributed by atoms with van der Waals surface area (Å²) in [7, 11) is 0. The van der Waals surface area contributed by atoms with Crippen LogP contribution in [0.1, 0.15) is 29.2 Å². The van der Waals surface area contributed by atoms with Crippen LogP contribution in [0.4, 0.5) is 0 Å². The summed E-state index contributed by atoms with van der Waals surface area (Å²) in [5.41, 5.74) is 2.80. The summed E-state index contributed by atoms with van der Waals surface area (Å²) in [6, 6.07) is 3.95. The van der Waals surface area contributed by atoms with E-state index in [9.17, 15) is 4.79 Å². The van der Waals surface area contributed by atoms with Gasteiger partial charge in [-0.25, -0.2) is 0 Å². The topological polar surface area (TPSA) is 103 Å². The van der Waals surface area contributed by atoms with Crippen molar-refractivity contribution in [2.75, 3.05) is 0 Å². The van der Waals surface area contributed by atoms with E-state index in [4.69, 9.17) is 24.3 Å². The van der Waals surface area contributed by atoms with Crippen LogP contribution < -0.4 is 15.5 Å². The second-order valence-electron chi connectivity index (χ2n) is 5.59. The molecule has 0 amide bonds. The maximum absolute atomic E-state index is 11.8. The molecule has 0 bridgehead atoms. The van der Waals surface area contributed by atoms with Crippen molar-refractivity contribution in [2.45, 2.75) is 37.2 Å². The Balaban J connectivity index is 0.000000471. The Hall–Kier alpha value is -1.87. The second kappa shape index (κ2) is 7.35. The molecule has 7 heteroatoms. The fourth-order valence-corrected chi connectivity index (χ4v) is 4.00. The normalized spacial score (nSPS) is 15.1. The van der Waals surface area contributed by atoms with Gasteiger partial charge in [-0.2, -0.15) is 0 Å². The Kier molecular flexibility index (Phi) is 5.65. The van der Waals surface area contributed by atoms with Crippen LogP contribution in [0.15, 0.2) is 15.3 Å². The Morgan fingerprint density at radius 1 is 1.46 bits per heavy atom. The molecule has 1 atom stereocenters. The maximum atomic E-state index is 11.8. The number of ether oxygens (including phenoxy) is 1. The molecule has 1 aliphatic rings. The molecule has 120 valence electrons. The molecule has 1 aromatic heterocycles. The summed E-state index contributed by atoms with van der Waals surface area (Å²) < 4.78 is 12.4. The molecule has 2 heterocycles. The number of carbonyl (C=O) groups is 1. The van der Waals surface area contributed by atoms with Gasteiger partial charge < -0.3 is 9.90 Å². The minimum atomic E-state index is -1.08.